The number of hydrogen-bond acceptors (Lipinski definition) is 10. The maximum atomic E-state index is 11.1. The van der Waals surface area contributed by atoms with E-state index < -0.39 is 17.9 Å². The van der Waals surface area contributed by atoms with E-state index in [0.717, 1.165) is 5.56 Å². The van der Waals surface area contributed by atoms with Crippen LogP contribution in [-0.2, 0) is 4.74 Å². The third-order valence-electron chi connectivity index (χ3n) is 3.72. The monoisotopic (exact) mass is 457 g/mol. The number of nitrogen functional groups attached to an aromatic ring is 2. The summed E-state index contributed by atoms with van der Waals surface area (Å²) in [6.45, 7) is 1.76. The van der Waals surface area contributed by atoms with Crippen LogP contribution >= 0.6 is 0 Å². The molecular weight excluding hydrogens is 434 g/mol. The lowest BCUT2D eigenvalue weighted by molar-refractivity contribution is 0.0594. The molecule has 3 aromatic heterocycles. The maximum Gasteiger partial charge on any atom is 0.343 e. The van der Waals surface area contributed by atoms with Crippen LogP contribution in [0.2, 0.25) is 0 Å². The van der Waals surface area contributed by atoms with Crippen molar-refractivity contribution in [2.24, 2.45) is 0 Å². The third kappa shape index (κ3) is 8.13. The fourth-order valence-electron chi connectivity index (χ4n) is 2.17. The lowest BCUT2D eigenvalue weighted by atomic mass is 10.2. The number of rotatable bonds is 4. The molecule has 0 atom stereocenters. The molecule has 0 aliphatic heterocycles. The molecule has 0 aromatic carbocycles. The smallest absolute Gasteiger partial charge is 0.343 e. The van der Waals surface area contributed by atoms with Crippen LogP contribution < -0.4 is 16.2 Å². The first-order chi connectivity index (χ1) is 15.6. The number of anilines is 2. The van der Waals surface area contributed by atoms with E-state index >= 15 is 0 Å². The van der Waals surface area contributed by atoms with E-state index in [1.807, 2.05) is 0 Å². The van der Waals surface area contributed by atoms with Gasteiger partial charge in [-0.1, -0.05) is 0 Å². The second kappa shape index (κ2) is 12.8. The summed E-state index contributed by atoms with van der Waals surface area (Å²) in [6.07, 6.45) is 4.52. The highest BCUT2D eigenvalue weighted by Crippen LogP contribution is 2.14. The first-order valence-corrected chi connectivity index (χ1v) is 9.08. The second-order valence-electron chi connectivity index (χ2n) is 6.04. The SMILES string of the molecule is COC(=O)c1cccnc1OC.Cc1cnc(N)c(C(=O)O)c1.Nc1ncccc1C(=O)O. The first kappa shape index (κ1) is 26.3. The molecule has 0 bridgehead atoms. The second-order valence-corrected chi connectivity index (χ2v) is 6.04. The molecule has 33 heavy (non-hydrogen) atoms. The molecule has 0 aliphatic rings. The number of ether oxygens (including phenoxy) is 2. The summed E-state index contributed by atoms with van der Waals surface area (Å²) < 4.78 is 9.38. The van der Waals surface area contributed by atoms with Crippen molar-refractivity contribution < 1.29 is 34.1 Å². The average molecular weight is 457 g/mol. The minimum atomic E-state index is -1.05. The van der Waals surface area contributed by atoms with Crippen molar-refractivity contribution in [1.29, 1.82) is 0 Å². The summed E-state index contributed by atoms with van der Waals surface area (Å²) in [6, 6.07) is 7.67. The summed E-state index contributed by atoms with van der Waals surface area (Å²) in [5.41, 5.74) is 11.8. The van der Waals surface area contributed by atoms with Crippen molar-refractivity contribution in [3.05, 3.63) is 71.2 Å². The van der Waals surface area contributed by atoms with Crippen molar-refractivity contribution in [1.82, 2.24) is 15.0 Å². The lowest BCUT2D eigenvalue weighted by Crippen LogP contribution is -2.04. The zero-order valence-corrected chi connectivity index (χ0v) is 18.1. The van der Waals surface area contributed by atoms with Crippen LogP contribution in [0.5, 0.6) is 5.88 Å². The molecule has 0 saturated heterocycles. The summed E-state index contributed by atoms with van der Waals surface area (Å²) in [5.74, 6) is -2.15. The topological polar surface area (TPSA) is 201 Å². The number of carbonyl (C=O) groups excluding carboxylic acids is 1. The van der Waals surface area contributed by atoms with Crippen LogP contribution in [0, 0.1) is 6.92 Å². The van der Waals surface area contributed by atoms with Crippen LogP contribution in [0.3, 0.4) is 0 Å². The number of nitrogens with two attached hydrogens (primary N) is 2. The van der Waals surface area contributed by atoms with Gasteiger partial charge < -0.3 is 31.2 Å². The predicted molar refractivity (Wildman–Crippen MR) is 118 cm³/mol. The molecule has 0 radical (unpaired) electrons. The Bertz CT molecular complexity index is 1120. The largest absolute Gasteiger partial charge is 0.480 e. The normalized spacial score (nSPS) is 9.30. The van der Waals surface area contributed by atoms with Gasteiger partial charge in [0, 0.05) is 18.6 Å². The van der Waals surface area contributed by atoms with Gasteiger partial charge in [0.2, 0.25) is 5.88 Å². The van der Waals surface area contributed by atoms with E-state index in [4.69, 9.17) is 26.4 Å². The fourth-order valence-corrected chi connectivity index (χ4v) is 2.17. The van der Waals surface area contributed by atoms with Crippen molar-refractivity contribution in [3.63, 3.8) is 0 Å². The number of carboxylic acids is 2. The van der Waals surface area contributed by atoms with Crippen molar-refractivity contribution in [2.45, 2.75) is 6.92 Å². The first-order valence-electron chi connectivity index (χ1n) is 9.08. The lowest BCUT2D eigenvalue weighted by Gasteiger charge is -2.03. The number of carbonyl (C=O) groups is 3. The minimum absolute atomic E-state index is 0.0440. The molecule has 3 aromatic rings. The van der Waals surface area contributed by atoms with Gasteiger partial charge in [-0.3, -0.25) is 0 Å². The van der Waals surface area contributed by atoms with Gasteiger partial charge >= 0.3 is 17.9 Å². The number of esters is 1. The Morgan fingerprint density at radius 1 is 0.848 bits per heavy atom. The zero-order valence-electron chi connectivity index (χ0n) is 18.1. The zero-order chi connectivity index (χ0) is 25.0. The van der Waals surface area contributed by atoms with E-state index in [1.54, 1.807) is 25.3 Å². The molecule has 0 amide bonds. The van der Waals surface area contributed by atoms with Crippen LogP contribution in [0.4, 0.5) is 11.6 Å². The summed E-state index contributed by atoms with van der Waals surface area (Å²) >= 11 is 0. The van der Waals surface area contributed by atoms with Gasteiger partial charge in [-0.2, -0.15) is 0 Å². The van der Waals surface area contributed by atoms with Crippen molar-refractivity contribution in [2.75, 3.05) is 25.7 Å². The van der Waals surface area contributed by atoms with Gasteiger partial charge in [0.25, 0.3) is 0 Å². The maximum absolute atomic E-state index is 11.1. The molecule has 12 heteroatoms. The summed E-state index contributed by atoms with van der Waals surface area (Å²) in [7, 11) is 2.77. The molecule has 174 valence electrons. The Hall–Kier alpha value is -4.74. The Morgan fingerprint density at radius 3 is 1.85 bits per heavy atom. The predicted octanol–water partition coefficient (Wildman–Crippen LogP) is 1.91. The number of carboxylic acid groups (broad SMARTS) is 2. The van der Waals surface area contributed by atoms with Gasteiger partial charge in [-0.25, -0.2) is 29.3 Å². The molecule has 0 fully saturated rings. The van der Waals surface area contributed by atoms with E-state index in [0.29, 0.717) is 5.56 Å². The van der Waals surface area contributed by atoms with E-state index in [2.05, 4.69) is 19.7 Å². The van der Waals surface area contributed by atoms with E-state index in [1.165, 1.54) is 44.8 Å². The van der Waals surface area contributed by atoms with E-state index in [9.17, 15) is 14.4 Å². The number of aromatic carboxylic acids is 2. The third-order valence-corrected chi connectivity index (χ3v) is 3.72. The number of methoxy groups -OCH3 is 2. The summed E-state index contributed by atoms with van der Waals surface area (Å²) in [5, 5.41) is 17.0. The molecular formula is C21H23N5O7. The van der Waals surface area contributed by atoms with Crippen LogP contribution in [-0.4, -0.2) is 57.3 Å². The molecule has 0 unspecified atom stereocenters. The fraction of sp³-hybridized carbons (Fsp3) is 0.143. The van der Waals surface area contributed by atoms with Crippen molar-refractivity contribution in [3.8, 4) is 5.88 Å². The van der Waals surface area contributed by atoms with Gasteiger partial charge in [0.1, 0.15) is 28.3 Å². The quantitative estimate of drug-likeness (QED) is 0.415. The van der Waals surface area contributed by atoms with Gasteiger partial charge in [0.15, 0.2) is 0 Å². The number of aromatic nitrogens is 3. The molecule has 3 rings (SSSR count). The Kier molecular flexibility index (Phi) is 10.2. The van der Waals surface area contributed by atoms with Gasteiger partial charge in [-0.05, 0) is 42.8 Å². The Labute approximate surface area is 188 Å². The Morgan fingerprint density at radius 2 is 1.39 bits per heavy atom. The molecule has 3 heterocycles. The van der Waals surface area contributed by atoms with Gasteiger partial charge in [-0.15, -0.1) is 0 Å². The van der Waals surface area contributed by atoms with E-state index in [-0.39, 0.29) is 28.6 Å². The van der Waals surface area contributed by atoms with Crippen LogP contribution in [0.15, 0.2) is 48.9 Å². The number of aryl methyl sites for hydroxylation is 1. The highest BCUT2D eigenvalue weighted by atomic mass is 16.5. The molecule has 6 N–H and O–H groups in total. The number of hydrogen-bond donors (Lipinski definition) is 4. The van der Waals surface area contributed by atoms with Crippen LogP contribution in [0.1, 0.15) is 36.6 Å². The van der Waals surface area contributed by atoms with Crippen molar-refractivity contribution >= 4 is 29.5 Å². The number of nitrogens with zero attached hydrogens (tertiary/aromatic N) is 3. The summed E-state index contributed by atoms with van der Waals surface area (Å²) in [4.78, 5) is 42.9. The highest BCUT2D eigenvalue weighted by molar-refractivity contribution is 5.93. The minimum Gasteiger partial charge on any atom is -0.480 e. The molecule has 0 spiro atoms. The Balaban J connectivity index is 0.000000249. The van der Waals surface area contributed by atoms with Gasteiger partial charge in [0.05, 0.1) is 14.2 Å². The molecule has 0 saturated carbocycles. The molecule has 0 aliphatic carbocycles. The average Bonchev–Trinajstić information content (AvgIpc) is 2.81. The molecule has 12 nitrogen and oxygen atoms in total. The number of pyridine rings is 3. The highest BCUT2D eigenvalue weighted by Gasteiger charge is 2.12. The standard InChI is InChI=1S/C8H9NO3.C7H8N2O2.C6H6N2O2/c1-11-7-6(8(10)12-2)4-3-5-9-7;1-4-2-5(7(10)11)6(8)9-3-4;7-5-4(6(9)10)2-1-3-8-5/h3-5H,1-2H3;2-3H,1H3,(H2,8,9)(H,10,11);1-3H,(H2,7,8)(H,9,10). The van der Waals surface area contributed by atoms with Crippen LogP contribution in [0.25, 0.3) is 0 Å².